The molecule has 0 aliphatic rings. The number of anilines is 2. The van der Waals surface area contributed by atoms with Crippen LogP contribution >= 0.6 is 0 Å². The molecule has 0 aliphatic heterocycles. The van der Waals surface area contributed by atoms with Crippen molar-refractivity contribution in [2.24, 2.45) is 5.84 Å². The fourth-order valence-electron chi connectivity index (χ4n) is 1.68. The first kappa shape index (κ1) is 14.9. The van der Waals surface area contributed by atoms with Gasteiger partial charge in [0, 0.05) is 26.0 Å². The fourth-order valence-corrected chi connectivity index (χ4v) is 1.68. The van der Waals surface area contributed by atoms with Crippen molar-refractivity contribution in [1.29, 1.82) is 0 Å². The smallest absolute Gasteiger partial charge is 0.323 e. The van der Waals surface area contributed by atoms with E-state index < -0.39 is 0 Å². The number of nitrogens with two attached hydrogens (primary N) is 1. The Morgan fingerprint density at radius 1 is 1.24 bits per heavy atom. The number of nitrogens with zero attached hydrogens (tertiary/aromatic N) is 5. The van der Waals surface area contributed by atoms with Gasteiger partial charge >= 0.3 is 6.01 Å². The molecule has 2 rings (SSSR count). The van der Waals surface area contributed by atoms with Gasteiger partial charge in [0.15, 0.2) is 0 Å². The lowest BCUT2D eigenvalue weighted by Gasteiger charge is -2.18. The van der Waals surface area contributed by atoms with Crippen molar-refractivity contribution in [2.75, 3.05) is 17.4 Å². The molecule has 0 spiro atoms. The van der Waals surface area contributed by atoms with Gasteiger partial charge in [-0.15, -0.1) is 0 Å². The molecule has 0 aliphatic carbocycles. The molecule has 0 saturated carbocycles. The maximum absolute atomic E-state index is 5.50. The molecule has 0 unspecified atom stereocenters. The van der Waals surface area contributed by atoms with E-state index in [0.717, 1.165) is 5.56 Å². The third kappa shape index (κ3) is 4.25. The van der Waals surface area contributed by atoms with Crippen LogP contribution in [-0.4, -0.2) is 33.1 Å². The third-order valence-electron chi connectivity index (χ3n) is 2.58. The summed E-state index contributed by atoms with van der Waals surface area (Å²) in [4.78, 5) is 18.5. The van der Waals surface area contributed by atoms with Crippen LogP contribution in [0.15, 0.2) is 24.5 Å². The maximum Gasteiger partial charge on any atom is 0.323 e. The first-order valence-corrected chi connectivity index (χ1v) is 6.58. The molecule has 0 bridgehead atoms. The van der Waals surface area contributed by atoms with Crippen LogP contribution in [-0.2, 0) is 6.54 Å². The molecule has 2 heterocycles. The Hall–Kier alpha value is -2.48. The van der Waals surface area contributed by atoms with Crippen molar-refractivity contribution < 1.29 is 4.74 Å². The Bertz CT molecular complexity index is 576. The van der Waals surface area contributed by atoms with Gasteiger partial charge in [0.25, 0.3) is 0 Å². The van der Waals surface area contributed by atoms with Crippen LogP contribution in [0.1, 0.15) is 19.4 Å². The maximum atomic E-state index is 5.50. The van der Waals surface area contributed by atoms with Crippen LogP contribution in [0.4, 0.5) is 11.9 Å². The molecule has 0 fully saturated rings. The van der Waals surface area contributed by atoms with Gasteiger partial charge in [0.2, 0.25) is 11.9 Å². The average molecular weight is 289 g/mol. The summed E-state index contributed by atoms with van der Waals surface area (Å²) in [6.07, 6.45) is 3.46. The molecule has 3 N–H and O–H groups in total. The van der Waals surface area contributed by atoms with Gasteiger partial charge in [0.1, 0.15) is 0 Å². The minimum Gasteiger partial charge on any atom is -0.461 e. The van der Waals surface area contributed by atoms with Gasteiger partial charge in [-0.1, -0.05) is 0 Å². The zero-order valence-electron chi connectivity index (χ0n) is 12.3. The molecule has 0 radical (unpaired) electrons. The predicted molar refractivity (Wildman–Crippen MR) is 79.7 cm³/mol. The molecule has 0 saturated heterocycles. The topological polar surface area (TPSA) is 102 Å². The van der Waals surface area contributed by atoms with Gasteiger partial charge in [-0.25, -0.2) is 5.84 Å². The van der Waals surface area contributed by atoms with E-state index in [-0.39, 0.29) is 18.1 Å². The van der Waals surface area contributed by atoms with Gasteiger partial charge < -0.3 is 9.64 Å². The molecule has 0 aromatic carbocycles. The van der Waals surface area contributed by atoms with E-state index in [0.29, 0.717) is 12.5 Å². The third-order valence-corrected chi connectivity index (χ3v) is 2.58. The molecular formula is C13H19N7O. The normalized spacial score (nSPS) is 10.5. The van der Waals surface area contributed by atoms with E-state index in [9.17, 15) is 0 Å². The van der Waals surface area contributed by atoms with Crippen LogP contribution in [0.3, 0.4) is 0 Å². The Kier molecular flexibility index (Phi) is 4.83. The first-order chi connectivity index (χ1) is 10.1. The number of pyridine rings is 1. The summed E-state index contributed by atoms with van der Waals surface area (Å²) in [5, 5.41) is 0. The van der Waals surface area contributed by atoms with Crippen LogP contribution in [0, 0.1) is 0 Å². The van der Waals surface area contributed by atoms with Crippen LogP contribution in [0.25, 0.3) is 0 Å². The molecule has 21 heavy (non-hydrogen) atoms. The Labute approximate surface area is 123 Å². The molecule has 8 heteroatoms. The number of hydrogen-bond acceptors (Lipinski definition) is 8. The molecule has 8 nitrogen and oxygen atoms in total. The van der Waals surface area contributed by atoms with Crippen molar-refractivity contribution in [3.8, 4) is 6.01 Å². The highest BCUT2D eigenvalue weighted by Gasteiger charge is 2.12. The molecule has 2 aromatic heterocycles. The van der Waals surface area contributed by atoms with E-state index in [1.807, 2.05) is 37.9 Å². The summed E-state index contributed by atoms with van der Waals surface area (Å²) < 4.78 is 5.50. The average Bonchev–Trinajstić information content (AvgIpc) is 2.47. The second-order valence-electron chi connectivity index (χ2n) is 4.76. The summed E-state index contributed by atoms with van der Waals surface area (Å²) in [6.45, 7) is 4.44. The van der Waals surface area contributed by atoms with Gasteiger partial charge in [-0.3, -0.25) is 10.4 Å². The molecule has 0 atom stereocenters. The quantitative estimate of drug-likeness (QED) is 0.599. The van der Waals surface area contributed by atoms with Gasteiger partial charge in [0.05, 0.1) is 6.10 Å². The molecular weight excluding hydrogens is 270 g/mol. The van der Waals surface area contributed by atoms with Crippen molar-refractivity contribution >= 4 is 11.9 Å². The summed E-state index contributed by atoms with van der Waals surface area (Å²) in [5.41, 5.74) is 3.52. The lowest BCUT2D eigenvalue weighted by molar-refractivity contribution is 0.222. The minimum atomic E-state index is -0.0311. The number of rotatable bonds is 6. The standard InChI is InChI=1S/C13H19N7O/c1-9(2)21-13-17-11(19-14)16-12(18-13)20(3)8-10-4-6-15-7-5-10/h4-7,9H,8,14H2,1-3H3,(H,16,17,18,19). The Morgan fingerprint density at radius 3 is 2.57 bits per heavy atom. The molecule has 0 amide bonds. The van der Waals surface area contributed by atoms with Crippen molar-refractivity contribution in [3.63, 3.8) is 0 Å². The summed E-state index contributed by atoms with van der Waals surface area (Å²) in [6, 6.07) is 4.11. The highest BCUT2D eigenvalue weighted by Crippen LogP contribution is 2.16. The predicted octanol–water partition coefficient (Wildman–Crippen LogP) is 0.976. The number of aromatic nitrogens is 4. The number of nitrogens with one attached hydrogen (secondary N) is 1. The zero-order chi connectivity index (χ0) is 15.2. The van der Waals surface area contributed by atoms with E-state index in [4.69, 9.17) is 10.6 Å². The fraction of sp³-hybridized carbons (Fsp3) is 0.385. The van der Waals surface area contributed by atoms with Crippen LogP contribution in [0.5, 0.6) is 6.01 Å². The number of hydrazine groups is 1. The van der Waals surface area contributed by atoms with Crippen LogP contribution < -0.4 is 20.9 Å². The summed E-state index contributed by atoms with van der Waals surface area (Å²) >= 11 is 0. The molecule has 2 aromatic rings. The van der Waals surface area contributed by atoms with E-state index in [1.54, 1.807) is 12.4 Å². The van der Waals surface area contributed by atoms with E-state index in [2.05, 4.69) is 25.4 Å². The van der Waals surface area contributed by atoms with Crippen molar-refractivity contribution in [2.45, 2.75) is 26.5 Å². The summed E-state index contributed by atoms with van der Waals surface area (Å²) in [7, 11) is 1.88. The second kappa shape index (κ2) is 6.80. The monoisotopic (exact) mass is 289 g/mol. The number of hydrogen-bond donors (Lipinski definition) is 2. The minimum absolute atomic E-state index is 0.0311. The van der Waals surface area contributed by atoms with Gasteiger partial charge in [-0.05, 0) is 31.5 Å². The highest BCUT2D eigenvalue weighted by molar-refractivity contribution is 5.37. The second-order valence-corrected chi connectivity index (χ2v) is 4.76. The molecule has 112 valence electrons. The highest BCUT2D eigenvalue weighted by atomic mass is 16.5. The van der Waals surface area contributed by atoms with Gasteiger partial charge in [-0.2, -0.15) is 15.0 Å². The van der Waals surface area contributed by atoms with E-state index >= 15 is 0 Å². The SMILES string of the molecule is CC(C)Oc1nc(NN)nc(N(C)Cc2ccncc2)n1. The van der Waals surface area contributed by atoms with Crippen molar-refractivity contribution in [3.05, 3.63) is 30.1 Å². The Morgan fingerprint density at radius 2 is 1.95 bits per heavy atom. The lowest BCUT2D eigenvalue weighted by atomic mass is 10.2. The summed E-state index contributed by atoms with van der Waals surface area (Å²) in [5.74, 6) is 6.12. The first-order valence-electron chi connectivity index (χ1n) is 6.58. The van der Waals surface area contributed by atoms with Crippen LogP contribution in [0.2, 0.25) is 0 Å². The van der Waals surface area contributed by atoms with Crippen molar-refractivity contribution in [1.82, 2.24) is 19.9 Å². The largest absolute Gasteiger partial charge is 0.461 e. The number of nitrogen functional groups attached to an aromatic ring is 1. The zero-order valence-corrected chi connectivity index (χ0v) is 12.3. The van der Waals surface area contributed by atoms with E-state index in [1.165, 1.54) is 0 Å². The Balaban J connectivity index is 2.21. The number of ether oxygens (including phenoxy) is 1. The lowest BCUT2D eigenvalue weighted by Crippen LogP contribution is -2.22.